The minimum absolute atomic E-state index is 0.134. The van der Waals surface area contributed by atoms with E-state index in [0.717, 1.165) is 18.4 Å². The Morgan fingerprint density at radius 1 is 1.32 bits per heavy atom. The highest BCUT2D eigenvalue weighted by Gasteiger charge is 2.41. The van der Waals surface area contributed by atoms with E-state index in [9.17, 15) is 15.2 Å². The highest BCUT2D eigenvalue weighted by atomic mass is 16.5. The summed E-state index contributed by atoms with van der Waals surface area (Å²) in [4.78, 5) is 13.0. The molecule has 0 aromatic heterocycles. The van der Waals surface area contributed by atoms with E-state index in [0.29, 0.717) is 19.4 Å². The van der Waals surface area contributed by atoms with Crippen molar-refractivity contribution in [3.8, 4) is 6.07 Å². The third-order valence-electron chi connectivity index (χ3n) is 4.96. The molecule has 136 valence electrons. The van der Waals surface area contributed by atoms with Gasteiger partial charge < -0.3 is 14.7 Å². The molecule has 0 unspecified atom stereocenters. The van der Waals surface area contributed by atoms with E-state index in [1.807, 2.05) is 51.1 Å². The van der Waals surface area contributed by atoms with Crippen LogP contribution in [-0.2, 0) is 11.3 Å². The first-order valence-electron chi connectivity index (χ1n) is 8.83. The van der Waals surface area contributed by atoms with Gasteiger partial charge in [-0.15, -0.1) is 0 Å². The Morgan fingerprint density at radius 3 is 2.40 bits per heavy atom. The maximum absolute atomic E-state index is 11.6. The highest BCUT2D eigenvalue weighted by molar-refractivity contribution is 5.66. The molecule has 1 amide bonds. The van der Waals surface area contributed by atoms with E-state index >= 15 is 0 Å². The Kier molecular flexibility index (Phi) is 6.07. The van der Waals surface area contributed by atoms with E-state index in [1.54, 1.807) is 0 Å². The molecule has 1 aliphatic carbocycles. The monoisotopic (exact) mass is 344 g/mol. The number of amides is 1. The average Bonchev–Trinajstić information content (AvgIpc) is 2.58. The summed E-state index contributed by atoms with van der Waals surface area (Å²) in [5.41, 5.74) is 0.0126. The van der Waals surface area contributed by atoms with Crippen molar-refractivity contribution < 1.29 is 14.6 Å². The molecule has 0 heterocycles. The molecule has 1 aliphatic rings. The van der Waals surface area contributed by atoms with Gasteiger partial charge in [-0.2, -0.15) is 5.26 Å². The molecule has 5 heteroatoms. The molecule has 2 rings (SSSR count). The van der Waals surface area contributed by atoms with Gasteiger partial charge in [-0.25, -0.2) is 4.79 Å². The standard InChI is InChI=1S/C20H28N2O3/c1-19(2,3)22(18(23)24)15-20(14-21)11-9-17(10-12-20)25-13-16-7-5-4-6-8-16/h4-8,17H,9-13,15H2,1-3H3,(H,23,24). The van der Waals surface area contributed by atoms with Gasteiger partial charge in [0.05, 0.1) is 24.2 Å². The van der Waals surface area contributed by atoms with Crippen molar-refractivity contribution in [1.82, 2.24) is 4.90 Å². The summed E-state index contributed by atoms with van der Waals surface area (Å²) in [6, 6.07) is 12.5. The van der Waals surface area contributed by atoms with Gasteiger partial charge in [-0.05, 0) is 52.0 Å². The van der Waals surface area contributed by atoms with Gasteiger partial charge in [0, 0.05) is 12.1 Å². The summed E-state index contributed by atoms with van der Waals surface area (Å²) >= 11 is 0. The van der Waals surface area contributed by atoms with E-state index < -0.39 is 17.0 Å². The molecule has 25 heavy (non-hydrogen) atoms. The Morgan fingerprint density at radius 2 is 1.92 bits per heavy atom. The lowest BCUT2D eigenvalue weighted by Gasteiger charge is -2.42. The smallest absolute Gasteiger partial charge is 0.407 e. The minimum Gasteiger partial charge on any atom is -0.465 e. The number of carbonyl (C=O) groups is 1. The average molecular weight is 344 g/mol. The first kappa shape index (κ1) is 19.3. The first-order chi connectivity index (χ1) is 11.8. The Hall–Kier alpha value is -2.06. The number of nitrogens with zero attached hydrogens (tertiary/aromatic N) is 2. The van der Waals surface area contributed by atoms with Gasteiger partial charge in [0.2, 0.25) is 0 Å². The third-order valence-corrected chi connectivity index (χ3v) is 4.96. The molecule has 1 N–H and O–H groups in total. The quantitative estimate of drug-likeness (QED) is 0.857. The van der Waals surface area contributed by atoms with Crippen molar-refractivity contribution in [3.05, 3.63) is 35.9 Å². The number of benzene rings is 1. The number of ether oxygens (including phenoxy) is 1. The fourth-order valence-electron chi connectivity index (χ4n) is 3.30. The number of hydrogen-bond donors (Lipinski definition) is 1. The van der Waals surface area contributed by atoms with Gasteiger partial charge in [-0.3, -0.25) is 0 Å². The van der Waals surface area contributed by atoms with Crippen LogP contribution in [0.4, 0.5) is 4.79 Å². The molecule has 0 spiro atoms. The maximum atomic E-state index is 11.6. The minimum atomic E-state index is -0.968. The van der Waals surface area contributed by atoms with Gasteiger partial charge in [-0.1, -0.05) is 30.3 Å². The Bertz CT molecular complexity index is 608. The molecule has 1 aromatic rings. The van der Waals surface area contributed by atoms with Crippen LogP contribution in [0.1, 0.15) is 52.0 Å². The van der Waals surface area contributed by atoms with Crippen LogP contribution >= 0.6 is 0 Å². The summed E-state index contributed by atoms with van der Waals surface area (Å²) in [6.45, 7) is 6.42. The van der Waals surface area contributed by atoms with Crippen molar-refractivity contribution in [2.24, 2.45) is 5.41 Å². The highest BCUT2D eigenvalue weighted by Crippen LogP contribution is 2.39. The first-order valence-corrected chi connectivity index (χ1v) is 8.83. The number of nitriles is 1. The lowest BCUT2D eigenvalue weighted by molar-refractivity contribution is -0.0127. The largest absolute Gasteiger partial charge is 0.465 e. The zero-order chi connectivity index (χ0) is 18.5. The summed E-state index contributed by atoms with van der Waals surface area (Å²) in [6.07, 6.45) is 2.08. The molecular weight excluding hydrogens is 316 g/mol. The second kappa shape index (κ2) is 7.88. The lowest BCUT2D eigenvalue weighted by atomic mass is 9.73. The molecule has 0 atom stereocenters. The van der Waals surface area contributed by atoms with Gasteiger partial charge in [0.25, 0.3) is 0 Å². The molecular formula is C20H28N2O3. The maximum Gasteiger partial charge on any atom is 0.407 e. The van der Waals surface area contributed by atoms with Crippen LogP contribution in [0.5, 0.6) is 0 Å². The summed E-state index contributed by atoms with van der Waals surface area (Å²) in [5.74, 6) is 0. The van der Waals surface area contributed by atoms with Crippen molar-refractivity contribution >= 4 is 6.09 Å². The topological polar surface area (TPSA) is 73.6 Å². The molecule has 1 aromatic carbocycles. The third kappa shape index (κ3) is 5.20. The van der Waals surface area contributed by atoms with Crippen molar-refractivity contribution in [2.45, 2.75) is 64.7 Å². The molecule has 0 saturated heterocycles. The van der Waals surface area contributed by atoms with Crippen LogP contribution in [0, 0.1) is 16.7 Å². The fraction of sp³-hybridized carbons (Fsp3) is 0.600. The van der Waals surface area contributed by atoms with Gasteiger partial charge in [0.15, 0.2) is 0 Å². The molecule has 5 nitrogen and oxygen atoms in total. The Labute approximate surface area is 150 Å². The number of carboxylic acid groups (broad SMARTS) is 1. The lowest BCUT2D eigenvalue weighted by Crippen LogP contribution is -2.51. The summed E-state index contributed by atoms with van der Waals surface area (Å²) < 4.78 is 5.99. The summed E-state index contributed by atoms with van der Waals surface area (Å²) in [7, 11) is 0. The summed E-state index contributed by atoms with van der Waals surface area (Å²) in [5, 5.41) is 19.2. The van der Waals surface area contributed by atoms with Crippen LogP contribution in [0.15, 0.2) is 30.3 Å². The number of rotatable bonds is 5. The zero-order valence-corrected chi connectivity index (χ0v) is 15.4. The van der Waals surface area contributed by atoms with E-state index in [1.165, 1.54) is 4.90 Å². The molecule has 1 fully saturated rings. The van der Waals surface area contributed by atoms with Crippen LogP contribution in [0.2, 0.25) is 0 Å². The number of hydrogen-bond acceptors (Lipinski definition) is 3. The van der Waals surface area contributed by atoms with E-state index in [-0.39, 0.29) is 12.6 Å². The van der Waals surface area contributed by atoms with Gasteiger partial charge in [0.1, 0.15) is 0 Å². The van der Waals surface area contributed by atoms with Crippen LogP contribution < -0.4 is 0 Å². The zero-order valence-electron chi connectivity index (χ0n) is 15.4. The Balaban J connectivity index is 1.93. The molecule has 1 saturated carbocycles. The predicted molar refractivity (Wildman–Crippen MR) is 96.0 cm³/mol. The van der Waals surface area contributed by atoms with Crippen LogP contribution in [-0.4, -0.2) is 34.3 Å². The fourth-order valence-corrected chi connectivity index (χ4v) is 3.30. The van der Waals surface area contributed by atoms with Crippen LogP contribution in [0.3, 0.4) is 0 Å². The predicted octanol–water partition coefficient (Wildman–Crippen LogP) is 4.43. The normalized spacial score (nSPS) is 23.7. The van der Waals surface area contributed by atoms with E-state index in [2.05, 4.69) is 6.07 Å². The molecule has 0 aliphatic heterocycles. The second-order valence-corrected chi connectivity index (χ2v) is 7.93. The SMILES string of the molecule is CC(C)(C)N(CC1(C#N)CCC(OCc2ccccc2)CC1)C(=O)O. The molecule has 0 bridgehead atoms. The molecule has 0 radical (unpaired) electrons. The van der Waals surface area contributed by atoms with Gasteiger partial charge >= 0.3 is 6.09 Å². The van der Waals surface area contributed by atoms with Crippen molar-refractivity contribution in [3.63, 3.8) is 0 Å². The van der Waals surface area contributed by atoms with Crippen molar-refractivity contribution in [1.29, 1.82) is 5.26 Å². The van der Waals surface area contributed by atoms with Crippen molar-refractivity contribution in [2.75, 3.05) is 6.54 Å². The van der Waals surface area contributed by atoms with Crippen LogP contribution in [0.25, 0.3) is 0 Å². The van der Waals surface area contributed by atoms with E-state index in [4.69, 9.17) is 4.74 Å². The second-order valence-electron chi connectivity index (χ2n) is 7.93.